The van der Waals surface area contributed by atoms with Crippen LogP contribution in [0, 0.1) is 0 Å². The Bertz CT molecular complexity index is 953. The van der Waals surface area contributed by atoms with Crippen LogP contribution in [0.25, 0.3) is 10.9 Å². The average molecular weight is 348 g/mol. The van der Waals surface area contributed by atoms with Gasteiger partial charge in [0.1, 0.15) is 5.75 Å². The van der Waals surface area contributed by atoms with Gasteiger partial charge in [-0.2, -0.15) is 0 Å². The summed E-state index contributed by atoms with van der Waals surface area (Å²) in [7, 11) is 1.64. The summed E-state index contributed by atoms with van der Waals surface area (Å²) in [4.78, 5) is 19.2. The predicted octanol–water partition coefficient (Wildman–Crippen LogP) is 3.55. The average Bonchev–Trinajstić information content (AvgIpc) is 2.77. The number of methoxy groups -OCH3 is 1. The number of aromatic nitrogens is 1. The molecule has 0 saturated carbocycles. The predicted molar refractivity (Wildman–Crippen MR) is 99.1 cm³/mol. The van der Waals surface area contributed by atoms with Crippen molar-refractivity contribution in [3.63, 3.8) is 0 Å². The number of fused-ring (bicyclic) bond motifs is 2. The highest BCUT2D eigenvalue weighted by Gasteiger charge is 2.29. The fraction of sp³-hybridized carbons (Fsp3) is 0.238. The van der Waals surface area contributed by atoms with Crippen molar-refractivity contribution >= 4 is 16.8 Å². The maximum Gasteiger partial charge on any atom is 0.264 e. The van der Waals surface area contributed by atoms with Gasteiger partial charge in [0, 0.05) is 17.5 Å². The molecular formula is C21H20N2O3. The van der Waals surface area contributed by atoms with Gasteiger partial charge in [-0.25, -0.2) is 4.98 Å². The Labute approximate surface area is 152 Å². The number of hydrogen-bond donors (Lipinski definition) is 0. The Balaban J connectivity index is 1.67. The van der Waals surface area contributed by atoms with E-state index in [1.54, 1.807) is 14.0 Å². The molecule has 1 amide bonds. The monoisotopic (exact) mass is 348 g/mol. The van der Waals surface area contributed by atoms with Gasteiger partial charge in [0.2, 0.25) is 5.88 Å². The third-order valence-corrected chi connectivity index (χ3v) is 4.60. The minimum atomic E-state index is -0.567. The number of para-hydroxylation sites is 1. The summed E-state index contributed by atoms with van der Waals surface area (Å²) in [5, 5.41) is 1.04. The maximum atomic E-state index is 12.8. The number of amides is 1. The first-order valence-corrected chi connectivity index (χ1v) is 8.61. The number of hydrogen-bond acceptors (Lipinski definition) is 4. The van der Waals surface area contributed by atoms with Crippen LogP contribution in [-0.2, 0) is 17.9 Å². The summed E-state index contributed by atoms with van der Waals surface area (Å²) in [5.41, 5.74) is 2.84. The molecule has 1 aliphatic rings. The van der Waals surface area contributed by atoms with Crippen LogP contribution in [-0.4, -0.2) is 29.0 Å². The molecule has 1 aromatic heterocycles. The molecule has 5 heteroatoms. The van der Waals surface area contributed by atoms with E-state index in [0.29, 0.717) is 19.0 Å². The number of carbonyl (C=O) groups is 1. The highest BCUT2D eigenvalue weighted by molar-refractivity contribution is 5.83. The van der Waals surface area contributed by atoms with Gasteiger partial charge in [-0.3, -0.25) is 4.79 Å². The topological polar surface area (TPSA) is 51.7 Å². The Morgan fingerprint density at radius 3 is 2.73 bits per heavy atom. The Kier molecular flexibility index (Phi) is 4.21. The first kappa shape index (κ1) is 16.4. The third-order valence-electron chi connectivity index (χ3n) is 4.60. The second kappa shape index (κ2) is 6.67. The van der Waals surface area contributed by atoms with Crippen molar-refractivity contribution in [2.75, 3.05) is 7.11 Å². The quantitative estimate of drug-likeness (QED) is 0.726. The first-order valence-electron chi connectivity index (χ1n) is 8.61. The summed E-state index contributed by atoms with van der Waals surface area (Å²) in [6.07, 6.45) is -0.567. The van der Waals surface area contributed by atoms with Crippen LogP contribution in [0.3, 0.4) is 0 Å². The van der Waals surface area contributed by atoms with Gasteiger partial charge in [-0.05, 0) is 36.8 Å². The second-order valence-electron chi connectivity index (χ2n) is 6.45. The Morgan fingerprint density at radius 1 is 1.19 bits per heavy atom. The van der Waals surface area contributed by atoms with E-state index in [1.807, 2.05) is 53.4 Å². The van der Waals surface area contributed by atoms with Gasteiger partial charge < -0.3 is 14.4 Å². The molecule has 2 heterocycles. The van der Waals surface area contributed by atoms with Crippen molar-refractivity contribution in [3.8, 4) is 11.6 Å². The van der Waals surface area contributed by atoms with Gasteiger partial charge >= 0.3 is 0 Å². The molecule has 0 bridgehead atoms. The molecule has 0 radical (unpaired) electrons. The summed E-state index contributed by atoms with van der Waals surface area (Å²) < 4.78 is 11.1. The molecule has 1 atom stereocenters. The molecule has 4 rings (SSSR count). The van der Waals surface area contributed by atoms with Gasteiger partial charge in [0.25, 0.3) is 5.91 Å². The molecule has 0 aliphatic carbocycles. The van der Waals surface area contributed by atoms with Crippen molar-refractivity contribution in [2.45, 2.75) is 26.1 Å². The Hall–Kier alpha value is -3.08. The fourth-order valence-corrected chi connectivity index (χ4v) is 3.20. The van der Waals surface area contributed by atoms with E-state index in [0.717, 1.165) is 27.8 Å². The summed E-state index contributed by atoms with van der Waals surface area (Å²) in [5.74, 6) is 1.30. The van der Waals surface area contributed by atoms with Crippen molar-refractivity contribution < 1.29 is 14.3 Å². The minimum absolute atomic E-state index is 0.0390. The van der Waals surface area contributed by atoms with Crippen LogP contribution in [0.5, 0.6) is 11.6 Å². The van der Waals surface area contributed by atoms with Crippen molar-refractivity contribution in [3.05, 3.63) is 65.7 Å². The lowest BCUT2D eigenvalue weighted by molar-refractivity contribution is -0.138. The molecule has 0 fully saturated rings. The molecular weight excluding hydrogens is 328 g/mol. The lowest BCUT2D eigenvalue weighted by Crippen LogP contribution is -2.37. The van der Waals surface area contributed by atoms with Crippen molar-refractivity contribution in [2.24, 2.45) is 0 Å². The van der Waals surface area contributed by atoms with E-state index in [9.17, 15) is 4.79 Å². The number of ether oxygens (including phenoxy) is 2. The lowest BCUT2D eigenvalue weighted by atomic mass is 10.1. The first-order chi connectivity index (χ1) is 12.6. The SMILES string of the molecule is COc1ccc(CN2Cc3cc4ccccc4nc3O[C@H](C)C2=O)cc1. The highest BCUT2D eigenvalue weighted by atomic mass is 16.5. The van der Waals surface area contributed by atoms with Crippen LogP contribution < -0.4 is 9.47 Å². The maximum absolute atomic E-state index is 12.8. The van der Waals surface area contributed by atoms with E-state index in [-0.39, 0.29) is 5.91 Å². The molecule has 3 aromatic rings. The number of nitrogens with zero attached hydrogens (tertiary/aromatic N) is 2. The van der Waals surface area contributed by atoms with Crippen LogP contribution in [0.4, 0.5) is 0 Å². The van der Waals surface area contributed by atoms with Gasteiger partial charge in [0.05, 0.1) is 19.2 Å². The van der Waals surface area contributed by atoms with E-state index in [2.05, 4.69) is 11.1 Å². The number of rotatable bonds is 3. The van der Waals surface area contributed by atoms with Gasteiger partial charge in [-0.1, -0.05) is 30.3 Å². The van der Waals surface area contributed by atoms with Gasteiger partial charge in [0.15, 0.2) is 6.10 Å². The van der Waals surface area contributed by atoms with Crippen LogP contribution in [0.15, 0.2) is 54.6 Å². The molecule has 1 aliphatic heterocycles. The number of pyridine rings is 1. The third kappa shape index (κ3) is 3.08. The second-order valence-corrected chi connectivity index (χ2v) is 6.45. The summed E-state index contributed by atoms with van der Waals surface area (Å²) in [6, 6.07) is 17.7. The lowest BCUT2D eigenvalue weighted by Gasteiger charge is -2.22. The van der Waals surface area contributed by atoms with Crippen LogP contribution in [0.2, 0.25) is 0 Å². The smallest absolute Gasteiger partial charge is 0.264 e. The molecule has 2 aromatic carbocycles. The van der Waals surface area contributed by atoms with Crippen LogP contribution in [0.1, 0.15) is 18.1 Å². The summed E-state index contributed by atoms with van der Waals surface area (Å²) >= 11 is 0. The van der Waals surface area contributed by atoms with Gasteiger partial charge in [-0.15, -0.1) is 0 Å². The zero-order valence-corrected chi connectivity index (χ0v) is 14.8. The normalized spacial score (nSPS) is 16.8. The molecule has 0 saturated heterocycles. The van der Waals surface area contributed by atoms with Crippen molar-refractivity contribution in [1.29, 1.82) is 0 Å². The van der Waals surface area contributed by atoms with E-state index in [1.165, 1.54) is 0 Å². The molecule has 0 N–H and O–H groups in total. The van der Waals surface area contributed by atoms with Crippen LogP contribution >= 0.6 is 0 Å². The summed E-state index contributed by atoms with van der Waals surface area (Å²) in [6.45, 7) is 2.76. The van der Waals surface area contributed by atoms with Crippen molar-refractivity contribution in [1.82, 2.24) is 9.88 Å². The molecule has 26 heavy (non-hydrogen) atoms. The largest absolute Gasteiger partial charge is 0.497 e. The highest BCUT2D eigenvalue weighted by Crippen LogP contribution is 2.28. The van der Waals surface area contributed by atoms with E-state index < -0.39 is 6.10 Å². The standard InChI is InChI=1S/C21H20N2O3/c1-14-21(24)23(12-15-7-9-18(25-2)10-8-15)13-17-11-16-5-3-4-6-19(16)22-20(17)26-14/h3-11,14H,12-13H2,1-2H3/t14-/m1/s1. The molecule has 0 unspecified atom stereocenters. The minimum Gasteiger partial charge on any atom is -0.497 e. The van der Waals surface area contributed by atoms with E-state index >= 15 is 0 Å². The fourth-order valence-electron chi connectivity index (χ4n) is 3.20. The number of carbonyl (C=O) groups excluding carboxylic acids is 1. The van der Waals surface area contributed by atoms with E-state index in [4.69, 9.17) is 9.47 Å². The zero-order valence-electron chi connectivity index (χ0n) is 14.8. The Morgan fingerprint density at radius 2 is 1.96 bits per heavy atom. The molecule has 5 nitrogen and oxygen atoms in total. The molecule has 0 spiro atoms. The zero-order chi connectivity index (χ0) is 18.1. The molecule has 132 valence electrons. The number of benzene rings is 2.